The molecular weight excluding hydrogens is 148 g/mol. The number of aryl methyl sites for hydroxylation is 2. The van der Waals surface area contributed by atoms with Crippen molar-refractivity contribution < 1.29 is 0 Å². The van der Waals surface area contributed by atoms with Gasteiger partial charge in [-0.25, -0.2) is 0 Å². The summed E-state index contributed by atoms with van der Waals surface area (Å²) in [6, 6.07) is 2.30. The zero-order chi connectivity index (χ0) is 6.27. The smallest absolute Gasteiger partial charge is 0.0214 e. The topological polar surface area (TPSA) is 0 Å². The van der Waals surface area contributed by atoms with Crippen LogP contribution in [0.3, 0.4) is 0 Å². The molecule has 1 aliphatic rings. The molecule has 0 spiro atoms. The molecule has 2 rings (SSSR count). The van der Waals surface area contributed by atoms with E-state index in [1.807, 2.05) is 23.1 Å². The predicted octanol–water partition coefficient (Wildman–Crippen LogP) is 2.70. The molecule has 0 radical (unpaired) electrons. The maximum atomic E-state index is 2.30. The average molecular weight is 156 g/mol. The zero-order valence-electron chi connectivity index (χ0n) is 5.31. The fourth-order valence-electron chi connectivity index (χ4n) is 1.09. The number of hydrogen-bond donors (Lipinski definition) is 0. The number of thioether (sulfide) groups is 1. The molecule has 1 aromatic heterocycles. The predicted molar refractivity (Wildman–Crippen MR) is 43.5 cm³/mol. The van der Waals surface area contributed by atoms with Crippen LogP contribution < -0.4 is 0 Å². The van der Waals surface area contributed by atoms with Crippen LogP contribution in [0.1, 0.15) is 9.75 Å². The SMILES string of the molecule is Cc1cc2c(s1)CCS2. The Labute approximate surface area is 63.3 Å². The Balaban J connectivity index is 2.51. The number of thiophene rings is 1. The van der Waals surface area contributed by atoms with Gasteiger partial charge in [-0.15, -0.1) is 23.1 Å². The summed E-state index contributed by atoms with van der Waals surface area (Å²) in [4.78, 5) is 4.61. The zero-order valence-corrected chi connectivity index (χ0v) is 6.94. The summed E-state index contributed by atoms with van der Waals surface area (Å²) in [5, 5.41) is 0. The van der Waals surface area contributed by atoms with Crippen LogP contribution in [-0.2, 0) is 6.42 Å². The van der Waals surface area contributed by atoms with E-state index in [0.29, 0.717) is 0 Å². The summed E-state index contributed by atoms with van der Waals surface area (Å²) >= 11 is 3.96. The Morgan fingerprint density at radius 3 is 3.22 bits per heavy atom. The van der Waals surface area contributed by atoms with Crippen molar-refractivity contribution >= 4 is 23.1 Å². The van der Waals surface area contributed by atoms with E-state index in [4.69, 9.17) is 0 Å². The van der Waals surface area contributed by atoms with E-state index in [9.17, 15) is 0 Å². The number of rotatable bonds is 0. The van der Waals surface area contributed by atoms with Crippen molar-refractivity contribution in [2.75, 3.05) is 5.75 Å². The Morgan fingerprint density at radius 2 is 2.44 bits per heavy atom. The molecule has 0 unspecified atom stereocenters. The summed E-state index contributed by atoms with van der Waals surface area (Å²) in [6.45, 7) is 2.18. The average Bonchev–Trinajstić information content (AvgIpc) is 2.22. The number of hydrogen-bond acceptors (Lipinski definition) is 2. The highest BCUT2D eigenvalue weighted by atomic mass is 32.2. The van der Waals surface area contributed by atoms with Gasteiger partial charge in [0, 0.05) is 20.4 Å². The maximum absolute atomic E-state index is 2.30. The lowest BCUT2D eigenvalue weighted by atomic mass is 10.4. The van der Waals surface area contributed by atoms with Crippen molar-refractivity contribution in [3.05, 3.63) is 15.8 Å². The molecular formula is C7H8S2. The molecule has 0 bridgehead atoms. The normalized spacial score (nSPS) is 16.1. The van der Waals surface area contributed by atoms with Crippen LogP contribution in [0, 0.1) is 6.92 Å². The van der Waals surface area contributed by atoms with Crippen LogP contribution in [0.15, 0.2) is 11.0 Å². The van der Waals surface area contributed by atoms with E-state index >= 15 is 0 Å². The first-order valence-corrected chi connectivity index (χ1v) is 4.88. The Hall–Kier alpha value is 0.0500. The third-order valence-electron chi connectivity index (χ3n) is 1.48. The summed E-state index contributed by atoms with van der Waals surface area (Å²) in [5.74, 6) is 1.31. The highest BCUT2D eigenvalue weighted by molar-refractivity contribution is 7.99. The minimum Gasteiger partial charge on any atom is -0.144 e. The lowest BCUT2D eigenvalue weighted by molar-refractivity contribution is 1.21. The molecule has 0 saturated heterocycles. The van der Waals surface area contributed by atoms with E-state index in [1.165, 1.54) is 21.9 Å². The first-order valence-electron chi connectivity index (χ1n) is 3.08. The summed E-state index contributed by atoms with van der Waals surface area (Å²) in [5.41, 5.74) is 0. The molecule has 0 amide bonds. The van der Waals surface area contributed by atoms with Crippen molar-refractivity contribution in [1.82, 2.24) is 0 Å². The van der Waals surface area contributed by atoms with Gasteiger partial charge in [-0.05, 0) is 19.4 Å². The monoisotopic (exact) mass is 156 g/mol. The quantitative estimate of drug-likeness (QED) is 0.556. The fraction of sp³-hybridized carbons (Fsp3) is 0.429. The second kappa shape index (κ2) is 2.03. The fourth-order valence-corrected chi connectivity index (χ4v) is 3.57. The molecule has 0 saturated carbocycles. The van der Waals surface area contributed by atoms with Gasteiger partial charge in [-0.2, -0.15) is 0 Å². The van der Waals surface area contributed by atoms with Gasteiger partial charge >= 0.3 is 0 Å². The van der Waals surface area contributed by atoms with Crippen molar-refractivity contribution in [2.24, 2.45) is 0 Å². The van der Waals surface area contributed by atoms with E-state index in [0.717, 1.165) is 0 Å². The molecule has 0 nitrogen and oxygen atoms in total. The van der Waals surface area contributed by atoms with E-state index in [2.05, 4.69) is 13.0 Å². The lowest BCUT2D eigenvalue weighted by Gasteiger charge is -1.80. The van der Waals surface area contributed by atoms with Crippen molar-refractivity contribution in [3.63, 3.8) is 0 Å². The molecule has 0 atom stereocenters. The third-order valence-corrected chi connectivity index (χ3v) is 3.80. The van der Waals surface area contributed by atoms with Crippen LogP contribution in [0.2, 0.25) is 0 Å². The highest BCUT2D eigenvalue weighted by Crippen LogP contribution is 2.36. The third kappa shape index (κ3) is 0.904. The van der Waals surface area contributed by atoms with E-state index < -0.39 is 0 Å². The van der Waals surface area contributed by atoms with Crippen LogP contribution in [0.4, 0.5) is 0 Å². The molecule has 0 N–H and O–H groups in total. The summed E-state index contributed by atoms with van der Waals surface area (Å²) < 4.78 is 0. The second-order valence-corrected chi connectivity index (χ2v) is 4.72. The van der Waals surface area contributed by atoms with Gasteiger partial charge < -0.3 is 0 Å². The standard InChI is InChI=1S/C7H8S2/c1-5-4-7-6(9-5)2-3-8-7/h4H,2-3H2,1H3. The lowest BCUT2D eigenvalue weighted by Crippen LogP contribution is -1.70. The van der Waals surface area contributed by atoms with Crippen molar-refractivity contribution in [2.45, 2.75) is 18.2 Å². The van der Waals surface area contributed by atoms with Crippen LogP contribution in [-0.4, -0.2) is 5.75 Å². The van der Waals surface area contributed by atoms with E-state index in [-0.39, 0.29) is 0 Å². The van der Waals surface area contributed by atoms with Gasteiger partial charge in [0.25, 0.3) is 0 Å². The van der Waals surface area contributed by atoms with Gasteiger partial charge in [0.05, 0.1) is 0 Å². The van der Waals surface area contributed by atoms with Gasteiger partial charge in [0.2, 0.25) is 0 Å². The molecule has 0 aliphatic carbocycles. The molecule has 2 heteroatoms. The minimum atomic E-state index is 1.30. The summed E-state index contributed by atoms with van der Waals surface area (Å²) in [6.07, 6.45) is 1.30. The Morgan fingerprint density at radius 1 is 1.56 bits per heavy atom. The van der Waals surface area contributed by atoms with Crippen LogP contribution in [0.5, 0.6) is 0 Å². The molecule has 0 fully saturated rings. The Bertz CT molecular complexity index is 203. The van der Waals surface area contributed by atoms with E-state index in [1.54, 1.807) is 4.88 Å². The molecule has 0 aromatic carbocycles. The molecule has 1 aliphatic heterocycles. The first kappa shape index (κ1) is 5.81. The summed E-state index contributed by atoms with van der Waals surface area (Å²) in [7, 11) is 0. The van der Waals surface area contributed by atoms with Crippen molar-refractivity contribution in [1.29, 1.82) is 0 Å². The second-order valence-electron chi connectivity index (χ2n) is 2.24. The van der Waals surface area contributed by atoms with Crippen LogP contribution in [0.25, 0.3) is 0 Å². The van der Waals surface area contributed by atoms with Crippen LogP contribution >= 0.6 is 23.1 Å². The molecule has 1 aromatic rings. The van der Waals surface area contributed by atoms with Gasteiger partial charge in [-0.3, -0.25) is 0 Å². The van der Waals surface area contributed by atoms with Crippen molar-refractivity contribution in [3.8, 4) is 0 Å². The molecule has 9 heavy (non-hydrogen) atoms. The first-order chi connectivity index (χ1) is 4.36. The highest BCUT2D eigenvalue weighted by Gasteiger charge is 2.12. The Kier molecular flexibility index (Phi) is 1.31. The minimum absolute atomic E-state index is 1.30. The number of fused-ring (bicyclic) bond motifs is 1. The van der Waals surface area contributed by atoms with Gasteiger partial charge in [-0.1, -0.05) is 0 Å². The van der Waals surface area contributed by atoms with Gasteiger partial charge in [0.1, 0.15) is 0 Å². The largest absolute Gasteiger partial charge is 0.144 e. The van der Waals surface area contributed by atoms with Gasteiger partial charge in [0.15, 0.2) is 0 Å². The molecule has 48 valence electrons. The maximum Gasteiger partial charge on any atom is 0.0214 e. The molecule has 2 heterocycles.